The largest absolute Gasteiger partial charge is 0.469 e. The number of thiol groups is 1. The van der Waals surface area contributed by atoms with E-state index in [4.69, 9.17) is 4.74 Å². The Kier molecular flexibility index (Phi) is 7.01. The quantitative estimate of drug-likeness (QED) is 0.325. The number of hydrogen-bond donors (Lipinski definition) is 2. The molecule has 0 saturated heterocycles. The summed E-state index contributed by atoms with van der Waals surface area (Å²) in [5.74, 6) is -0.452. The molecule has 0 unspecified atom stereocenters. The monoisotopic (exact) mass is 252 g/mol. The van der Waals surface area contributed by atoms with Gasteiger partial charge in [-0.3, -0.25) is 4.79 Å². The molecule has 1 N–H and O–H groups in total. The van der Waals surface area contributed by atoms with Crippen molar-refractivity contribution in [3.63, 3.8) is 0 Å². The first-order chi connectivity index (χ1) is 7.02. The molecule has 8 heteroatoms. The minimum Gasteiger partial charge on any atom is -0.469 e. The van der Waals surface area contributed by atoms with E-state index < -0.39 is 12.1 Å². The highest BCUT2D eigenvalue weighted by Gasteiger charge is 2.16. The second-order valence-corrected chi connectivity index (χ2v) is 3.39. The molecular weight excluding hydrogens is 240 g/mol. The van der Waals surface area contributed by atoms with Gasteiger partial charge >= 0.3 is 12.1 Å². The van der Waals surface area contributed by atoms with Gasteiger partial charge in [-0.25, -0.2) is 10.2 Å². The van der Waals surface area contributed by atoms with E-state index in [1.807, 2.05) is 0 Å². The van der Waals surface area contributed by atoms with E-state index >= 15 is 0 Å². The van der Waals surface area contributed by atoms with Crippen molar-refractivity contribution in [2.75, 3.05) is 20.8 Å². The van der Waals surface area contributed by atoms with Gasteiger partial charge in [0.25, 0.3) is 0 Å². The number of nitrogens with zero attached hydrogens (tertiary/aromatic N) is 1. The summed E-state index contributed by atoms with van der Waals surface area (Å²) in [4.78, 5) is 21.9. The van der Waals surface area contributed by atoms with Gasteiger partial charge in [0.15, 0.2) is 4.32 Å². The molecule has 0 aromatic heterocycles. The van der Waals surface area contributed by atoms with Gasteiger partial charge < -0.3 is 9.47 Å². The lowest BCUT2D eigenvalue weighted by Crippen LogP contribution is -2.42. The molecule has 15 heavy (non-hydrogen) atoms. The molecule has 0 radical (unpaired) electrons. The van der Waals surface area contributed by atoms with Crippen molar-refractivity contribution in [3.05, 3.63) is 0 Å². The van der Waals surface area contributed by atoms with Crippen LogP contribution in [0.25, 0.3) is 0 Å². The Bertz CT molecular complexity index is 259. The van der Waals surface area contributed by atoms with Gasteiger partial charge in [0.1, 0.15) is 6.61 Å². The fourth-order valence-electron chi connectivity index (χ4n) is 0.653. The number of esters is 1. The van der Waals surface area contributed by atoms with Crippen LogP contribution in [0.1, 0.15) is 6.42 Å². The van der Waals surface area contributed by atoms with E-state index in [0.29, 0.717) is 0 Å². The highest BCUT2D eigenvalue weighted by Crippen LogP contribution is 1.97. The van der Waals surface area contributed by atoms with E-state index in [2.05, 4.69) is 35.0 Å². The lowest BCUT2D eigenvalue weighted by Gasteiger charge is -2.17. The van der Waals surface area contributed by atoms with Crippen LogP contribution in [0.2, 0.25) is 0 Å². The maximum atomic E-state index is 11.2. The van der Waals surface area contributed by atoms with E-state index in [1.54, 1.807) is 0 Å². The van der Waals surface area contributed by atoms with Crippen LogP contribution in [0.4, 0.5) is 4.79 Å². The highest BCUT2D eigenvalue weighted by atomic mass is 32.1. The number of amides is 1. The molecule has 0 fully saturated rings. The van der Waals surface area contributed by atoms with Gasteiger partial charge in [-0.05, 0) is 0 Å². The summed E-state index contributed by atoms with van der Waals surface area (Å²) in [6, 6.07) is 0. The smallest absolute Gasteiger partial charge is 0.430 e. The Labute approximate surface area is 98.3 Å². The molecule has 0 aliphatic heterocycles. The third-order valence-corrected chi connectivity index (χ3v) is 1.74. The molecule has 0 saturated carbocycles. The van der Waals surface area contributed by atoms with Crippen molar-refractivity contribution < 1.29 is 19.1 Å². The maximum Gasteiger partial charge on any atom is 0.430 e. The lowest BCUT2D eigenvalue weighted by molar-refractivity contribution is -0.141. The van der Waals surface area contributed by atoms with Crippen LogP contribution >= 0.6 is 24.8 Å². The van der Waals surface area contributed by atoms with Gasteiger partial charge in [-0.2, -0.15) is 5.01 Å². The van der Waals surface area contributed by atoms with E-state index in [-0.39, 0.29) is 17.3 Å². The van der Waals surface area contributed by atoms with Crippen molar-refractivity contribution in [2.24, 2.45) is 0 Å². The topological polar surface area (TPSA) is 67.9 Å². The Morgan fingerprint density at radius 2 is 2.13 bits per heavy atom. The Hall–Kier alpha value is -0.860. The predicted molar refractivity (Wildman–Crippen MR) is 60.5 cm³/mol. The second kappa shape index (κ2) is 7.43. The molecule has 0 heterocycles. The molecule has 6 nitrogen and oxygen atoms in total. The third kappa shape index (κ3) is 5.55. The summed E-state index contributed by atoms with van der Waals surface area (Å²) in [5.41, 5.74) is 2.48. The van der Waals surface area contributed by atoms with Crippen molar-refractivity contribution in [1.82, 2.24) is 10.4 Å². The van der Waals surface area contributed by atoms with Crippen molar-refractivity contribution in [3.8, 4) is 0 Å². The van der Waals surface area contributed by atoms with E-state index in [9.17, 15) is 9.59 Å². The highest BCUT2D eigenvalue weighted by molar-refractivity contribution is 8.11. The van der Waals surface area contributed by atoms with E-state index in [1.165, 1.54) is 14.2 Å². The minimum absolute atomic E-state index is 0.000865. The molecule has 0 spiro atoms. The van der Waals surface area contributed by atoms with Crippen LogP contribution in [-0.2, 0) is 14.3 Å². The molecule has 0 aliphatic rings. The fraction of sp³-hybridized carbons (Fsp3) is 0.571. The van der Waals surface area contributed by atoms with Crippen LogP contribution in [0.3, 0.4) is 0 Å². The van der Waals surface area contributed by atoms with Crippen molar-refractivity contribution in [2.45, 2.75) is 6.42 Å². The second-order valence-electron chi connectivity index (χ2n) is 2.28. The van der Waals surface area contributed by atoms with Gasteiger partial charge in [-0.1, -0.05) is 12.2 Å². The van der Waals surface area contributed by atoms with Gasteiger partial charge in [-0.15, -0.1) is 12.6 Å². The molecule has 0 bridgehead atoms. The Morgan fingerprint density at radius 3 is 2.53 bits per heavy atom. The molecule has 0 aliphatic carbocycles. The van der Waals surface area contributed by atoms with E-state index in [0.717, 1.165) is 5.01 Å². The van der Waals surface area contributed by atoms with Crippen LogP contribution in [0.15, 0.2) is 0 Å². The Balaban J connectivity index is 3.92. The average Bonchev–Trinajstić information content (AvgIpc) is 2.17. The fourth-order valence-corrected chi connectivity index (χ4v) is 1.00. The van der Waals surface area contributed by atoms with Crippen molar-refractivity contribution in [1.29, 1.82) is 0 Å². The maximum absolute atomic E-state index is 11.2. The average molecular weight is 252 g/mol. The zero-order valence-corrected chi connectivity index (χ0v) is 10.1. The first-order valence-corrected chi connectivity index (χ1v) is 4.82. The summed E-state index contributed by atoms with van der Waals surface area (Å²) in [5, 5.41) is 0.926. The van der Waals surface area contributed by atoms with Crippen LogP contribution in [0.5, 0.6) is 0 Å². The van der Waals surface area contributed by atoms with Gasteiger partial charge in [0, 0.05) is 7.05 Å². The van der Waals surface area contributed by atoms with Gasteiger partial charge in [0.2, 0.25) is 0 Å². The summed E-state index contributed by atoms with van der Waals surface area (Å²) in [6.45, 7) is -0.0694. The SMILES string of the molecule is CNN(C(=O)OCCC(=O)OC)C(=S)S. The summed E-state index contributed by atoms with van der Waals surface area (Å²) < 4.78 is 9.11. The van der Waals surface area contributed by atoms with Crippen LogP contribution < -0.4 is 5.43 Å². The number of nitrogens with one attached hydrogen (secondary N) is 1. The summed E-state index contributed by atoms with van der Waals surface area (Å²) in [7, 11) is 2.75. The first kappa shape index (κ1) is 14.1. The summed E-state index contributed by atoms with van der Waals surface area (Å²) in [6.07, 6.45) is -0.722. The number of methoxy groups -OCH3 is 1. The minimum atomic E-state index is -0.721. The van der Waals surface area contributed by atoms with Crippen LogP contribution in [0, 0.1) is 0 Å². The number of ether oxygens (including phenoxy) is 2. The van der Waals surface area contributed by atoms with Gasteiger partial charge in [0.05, 0.1) is 13.5 Å². The lowest BCUT2D eigenvalue weighted by atomic mass is 10.5. The number of hydrazine groups is 1. The first-order valence-electron chi connectivity index (χ1n) is 3.97. The molecule has 0 rings (SSSR count). The number of carbonyl (C=O) groups excluding carboxylic acids is 2. The number of thiocarbonyl (C=S) groups is 1. The molecule has 1 amide bonds. The van der Waals surface area contributed by atoms with Crippen molar-refractivity contribution >= 4 is 41.2 Å². The molecule has 0 aromatic carbocycles. The molecular formula is C7H12N2O4S2. The molecule has 0 atom stereocenters. The standard InChI is InChI=1S/C7H12N2O4S2/c1-8-9(7(14)15)6(11)13-4-3-5(10)12-2/h8H,3-4H2,1-2H3,(H,14,15). The number of carbonyl (C=O) groups is 2. The third-order valence-electron chi connectivity index (χ3n) is 1.36. The molecule has 86 valence electrons. The zero-order valence-electron chi connectivity index (χ0n) is 8.35. The zero-order chi connectivity index (χ0) is 11.8. The number of hydrogen-bond acceptors (Lipinski definition) is 6. The molecule has 0 aromatic rings. The normalized spacial score (nSPS) is 9.27. The Morgan fingerprint density at radius 1 is 1.53 bits per heavy atom. The number of rotatable bonds is 4. The predicted octanol–water partition coefficient (Wildman–Crippen LogP) is 0.337. The summed E-state index contributed by atoms with van der Waals surface area (Å²) >= 11 is 8.45. The van der Waals surface area contributed by atoms with Crippen LogP contribution in [-0.4, -0.2) is 42.2 Å².